The van der Waals surface area contributed by atoms with E-state index < -0.39 is 7.81 Å². The first kappa shape index (κ1) is 15.2. The van der Waals surface area contributed by atoms with Gasteiger partial charge in [-0.3, -0.25) is 4.98 Å². The molecule has 0 aromatic carbocycles. The van der Waals surface area contributed by atoms with Crippen LogP contribution in [0.25, 0.3) is 0 Å². The molecule has 0 aliphatic carbocycles. The fraction of sp³-hybridized carbons (Fsp3) is 0.500. The third-order valence-electron chi connectivity index (χ3n) is 1.18. The van der Waals surface area contributed by atoms with E-state index in [4.69, 9.17) is 5.11 Å². The molecule has 0 amide bonds. The number of hydrogen-bond acceptors (Lipinski definition) is 1. The Morgan fingerprint density at radius 3 is 1.94 bits per heavy atom. The fourth-order valence-corrected chi connectivity index (χ4v) is 0.713. The van der Waals surface area contributed by atoms with E-state index in [-0.39, 0.29) is 6.61 Å². The number of aryl methyl sites for hydroxylation is 1. The van der Waals surface area contributed by atoms with Crippen LogP contribution in [0.3, 0.4) is 0 Å². The molecule has 1 rings (SSSR count). The third-order valence-corrected chi connectivity index (χ3v) is 1.18. The number of nitrogens with zero attached hydrogens (tertiary/aromatic N) is 1. The van der Waals surface area contributed by atoms with Crippen molar-refractivity contribution in [2.75, 3.05) is 6.61 Å². The minimum atomic E-state index is -10.7. The molecule has 1 aromatic rings. The normalized spacial score (nSPS) is 15.7. The van der Waals surface area contributed by atoms with Crippen LogP contribution < -0.4 is 4.57 Å². The number of imidazole rings is 1. The summed E-state index contributed by atoms with van der Waals surface area (Å²) in [6, 6.07) is 0. The van der Waals surface area contributed by atoms with E-state index in [2.05, 4.69) is 4.98 Å². The number of aromatic nitrogens is 2. The van der Waals surface area contributed by atoms with Crippen LogP contribution in [0.5, 0.6) is 0 Å². The van der Waals surface area contributed by atoms with Gasteiger partial charge in [0.05, 0.1) is 6.54 Å². The van der Waals surface area contributed by atoms with Crippen molar-refractivity contribution in [2.45, 2.75) is 13.0 Å². The largest absolute Gasteiger partial charge is 0.396 e. The van der Waals surface area contributed by atoms with Crippen molar-refractivity contribution in [1.29, 1.82) is 0 Å². The summed E-state index contributed by atoms with van der Waals surface area (Å²) in [6.07, 6.45) is 6.49. The van der Waals surface area contributed by atoms with Gasteiger partial charge in [-0.1, -0.05) is 0 Å². The van der Waals surface area contributed by atoms with Gasteiger partial charge in [0.25, 0.3) is 0 Å². The molecule has 0 radical (unpaired) electrons. The van der Waals surface area contributed by atoms with Crippen molar-refractivity contribution in [2.24, 2.45) is 0 Å². The van der Waals surface area contributed by atoms with Crippen LogP contribution in [0.15, 0.2) is 18.7 Å². The van der Waals surface area contributed by atoms with Crippen LogP contribution >= 0.6 is 7.81 Å². The molecule has 10 heteroatoms. The zero-order valence-corrected chi connectivity index (χ0v) is 8.86. The van der Waals surface area contributed by atoms with Crippen LogP contribution in [0.4, 0.5) is 25.2 Å². The van der Waals surface area contributed by atoms with Gasteiger partial charge in [-0.05, 0) is 0 Å². The molecule has 16 heavy (non-hydrogen) atoms. The maximum atomic E-state index is 9.87. The first-order valence-electron chi connectivity index (χ1n) is 4.07. The van der Waals surface area contributed by atoms with Crippen molar-refractivity contribution in [3.8, 4) is 0 Å². The minimum Gasteiger partial charge on any atom is -0.396 e. The van der Waals surface area contributed by atoms with E-state index in [9.17, 15) is 25.2 Å². The molecule has 0 saturated heterocycles. The van der Waals surface area contributed by atoms with Crippen LogP contribution in [0, 0.1) is 0 Å². The maximum absolute atomic E-state index is 10.7. The van der Waals surface area contributed by atoms with E-state index in [1.54, 1.807) is 0 Å². The zero-order chi connectivity index (χ0) is 12.9. The second-order valence-corrected chi connectivity index (χ2v) is 4.80. The van der Waals surface area contributed by atoms with Crippen molar-refractivity contribution in [1.82, 2.24) is 4.98 Å². The predicted molar refractivity (Wildman–Crippen MR) is 46.3 cm³/mol. The van der Waals surface area contributed by atoms with Crippen molar-refractivity contribution in [3.05, 3.63) is 18.7 Å². The number of halogens is 6. The quantitative estimate of drug-likeness (QED) is 0.495. The average Bonchev–Trinajstić information content (AvgIpc) is 2.46. The molecular formula is C6H11F6N2OP. The summed E-state index contributed by atoms with van der Waals surface area (Å²) in [5.74, 6) is 0. The average molecular weight is 272 g/mol. The number of aliphatic hydroxyl groups excluding tert-OH is 1. The Kier molecular flexibility index (Phi) is 4.00. The second kappa shape index (κ2) is 4.21. The minimum absolute atomic E-state index is 0.262. The Bertz CT molecular complexity index is 294. The molecule has 3 nitrogen and oxygen atoms in total. The van der Waals surface area contributed by atoms with Gasteiger partial charge in [0.15, 0.2) is 0 Å². The topological polar surface area (TPSA) is 39.9 Å². The van der Waals surface area contributed by atoms with Crippen LogP contribution in [-0.4, -0.2) is 16.7 Å². The standard InChI is InChI=1S/C6H10N2O.F6P/c9-5-1-3-8-4-2-7-6-8;1-7(2,3,4,5)6/h2,4,6,9H,1,3,5H2;/q;-1/p+1. The summed E-state index contributed by atoms with van der Waals surface area (Å²) >= 11 is 0. The molecule has 0 saturated carbocycles. The molecule has 0 aliphatic rings. The number of hydrogen-bond donors (Lipinski definition) is 2. The second-order valence-electron chi connectivity index (χ2n) is 2.88. The summed E-state index contributed by atoms with van der Waals surface area (Å²) in [5.41, 5.74) is 0. The van der Waals surface area contributed by atoms with Crippen molar-refractivity contribution >= 4 is 7.81 Å². The van der Waals surface area contributed by atoms with Gasteiger partial charge in [-0.15, -0.1) is 0 Å². The summed E-state index contributed by atoms with van der Waals surface area (Å²) in [7, 11) is -10.7. The van der Waals surface area contributed by atoms with E-state index in [0.29, 0.717) is 0 Å². The maximum Gasteiger partial charge on any atom is 0.241 e. The van der Waals surface area contributed by atoms with Crippen molar-refractivity contribution in [3.63, 3.8) is 0 Å². The molecule has 98 valence electrons. The number of H-pyrrole nitrogens is 1. The Balaban J connectivity index is 0.000000293. The predicted octanol–water partition coefficient (Wildman–Crippen LogP) is 3.07. The van der Waals surface area contributed by atoms with Gasteiger partial charge in [-0.25, -0.2) is 4.57 Å². The molecule has 0 atom stereocenters. The molecule has 1 heterocycles. The summed E-state index contributed by atoms with van der Waals surface area (Å²) < 4.78 is 61.2. The first-order chi connectivity index (χ1) is 6.88. The third kappa shape index (κ3) is 18.9. The molecule has 2 N–H and O–H groups in total. The Hall–Kier alpha value is -0.820. The number of rotatable bonds is 3. The Labute approximate surface area is 86.9 Å². The van der Waals surface area contributed by atoms with Gasteiger partial charge < -0.3 is 5.11 Å². The molecule has 0 aliphatic heterocycles. The van der Waals surface area contributed by atoms with E-state index >= 15 is 0 Å². The van der Waals surface area contributed by atoms with Crippen molar-refractivity contribution < 1.29 is 34.9 Å². The van der Waals surface area contributed by atoms with Crippen LogP contribution in [-0.2, 0) is 6.54 Å². The fourth-order valence-electron chi connectivity index (χ4n) is 0.713. The molecule has 0 bridgehead atoms. The molecule has 0 spiro atoms. The first-order valence-corrected chi connectivity index (χ1v) is 6.10. The van der Waals surface area contributed by atoms with Gasteiger partial charge >= 0.3 is 33.0 Å². The van der Waals surface area contributed by atoms with E-state index in [1.165, 1.54) is 0 Å². The number of aliphatic hydroxyl groups is 1. The van der Waals surface area contributed by atoms with Gasteiger partial charge in [0.1, 0.15) is 12.4 Å². The summed E-state index contributed by atoms with van der Waals surface area (Å²) in [6.45, 7) is 1.15. The Morgan fingerprint density at radius 1 is 1.12 bits per heavy atom. The molecule has 1 aromatic heterocycles. The summed E-state index contributed by atoms with van der Waals surface area (Å²) in [5, 5.41) is 8.44. The number of nitrogens with one attached hydrogen (secondary N) is 1. The SMILES string of the molecule is F[P-](F)(F)(F)(F)F.OCCC[n+]1cc[nH]c1. The van der Waals surface area contributed by atoms with E-state index in [1.807, 2.05) is 23.3 Å². The summed E-state index contributed by atoms with van der Waals surface area (Å²) in [4.78, 5) is 2.92. The molecular weight excluding hydrogens is 261 g/mol. The van der Waals surface area contributed by atoms with Gasteiger partial charge in [0.2, 0.25) is 6.33 Å². The van der Waals surface area contributed by atoms with Gasteiger partial charge in [0, 0.05) is 13.0 Å². The van der Waals surface area contributed by atoms with Crippen LogP contribution in [0.2, 0.25) is 0 Å². The molecule has 0 unspecified atom stereocenters. The zero-order valence-electron chi connectivity index (χ0n) is 7.96. The smallest absolute Gasteiger partial charge is 0.241 e. The van der Waals surface area contributed by atoms with E-state index in [0.717, 1.165) is 13.0 Å². The number of aromatic amines is 1. The van der Waals surface area contributed by atoms with Crippen LogP contribution in [0.1, 0.15) is 6.42 Å². The Morgan fingerprint density at radius 2 is 1.62 bits per heavy atom. The monoisotopic (exact) mass is 272 g/mol. The van der Waals surface area contributed by atoms with Gasteiger partial charge in [-0.2, -0.15) is 0 Å². The molecule has 0 fully saturated rings.